The van der Waals surface area contributed by atoms with E-state index in [9.17, 15) is 13.2 Å². The number of hydrogen-bond donors (Lipinski definition) is 1. The van der Waals surface area contributed by atoms with Crippen LogP contribution in [0.25, 0.3) is 0 Å². The quantitative estimate of drug-likeness (QED) is 0.394. The van der Waals surface area contributed by atoms with E-state index < -0.39 is 10.0 Å². The highest BCUT2D eigenvalue weighted by molar-refractivity contribution is 7.98. The van der Waals surface area contributed by atoms with Gasteiger partial charge in [-0.2, -0.15) is 11.8 Å². The van der Waals surface area contributed by atoms with E-state index in [4.69, 9.17) is 0 Å². The lowest BCUT2D eigenvalue weighted by atomic mass is 10.1. The molecule has 0 saturated heterocycles. The van der Waals surface area contributed by atoms with Crippen LogP contribution in [0.1, 0.15) is 27.8 Å². The van der Waals surface area contributed by atoms with Crippen LogP contribution in [0.5, 0.6) is 0 Å². The van der Waals surface area contributed by atoms with Crippen molar-refractivity contribution in [3.63, 3.8) is 0 Å². The van der Waals surface area contributed by atoms with Crippen LogP contribution in [-0.4, -0.2) is 33.2 Å². The molecule has 0 heterocycles. The molecule has 0 aromatic heterocycles. The first kappa shape index (κ1) is 25.8. The van der Waals surface area contributed by atoms with E-state index in [1.165, 1.54) is 15.4 Å². The highest BCUT2D eigenvalue weighted by atomic mass is 32.2. The molecule has 1 amide bonds. The molecule has 5 nitrogen and oxygen atoms in total. The van der Waals surface area contributed by atoms with E-state index in [0.29, 0.717) is 12.2 Å². The van der Waals surface area contributed by atoms with Gasteiger partial charge in [0.25, 0.3) is 10.0 Å². The van der Waals surface area contributed by atoms with Crippen molar-refractivity contribution in [3.05, 3.63) is 94.5 Å². The lowest BCUT2D eigenvalue weighted by Gasteiger charge is -2.26. The van der Waals surface area contributed by atoms with E-state index in [0.717, 1.165) is 28.2 Å². The van der Waals surface area contributed by atoms with Crippen molar-refractivity contribution in [2.45, 2.75) is 38.3 Å². The molecule has 0 aliphatic heterocycles. The SMILES string of the molecule is Cc1ccc(S(=O)(=O)N(CC(=O)NCCSCc2ccccc2C)c2cc(C)ccc2C)cc1. The Morgan fingerprint density at radius 2 is 1.56 bits per heavy atom. The van der Waals surface area contributed by atoms with Gasteiger partial charge in [-0.15, -0.1) is 0 Å². The zero-order valence-electron chi connectivity index (χ0n) is 20.2. The van der Waals surface area contributed by atoms with Gasteiger partial charge in [-0.1, -0.05) is 54.1 Å². The van der Waals surface area contributed by atoms with Gasteiger partial charge in [0.15, 0.2) is 0 Å². The van der Waals surface area contributed by atoms with Crippen LogP contribution in [0.3, 0.4) is 0 Å². The van der Waals surface area contributed by atoms with Gasteiger partial charge >= 0.3 is 0 Å². The second kappa shape index (κ2) is 11.6. The fourth-order valence-electron chi connectivity index (χ4n) is 3.53. The summed E-state index contributed by atoms with van der Waals surface area (Å²) < 4.78 is 28.3. The number of anilines is 1. The summed E-state index contributed by atoms with van der Waals surface area (Å²) >= 11 is 1.74. The lowest BCUT2D eigenvalue weighted by molar-refractivity contribution is -0.119. The Morgan fingerprint density at radius 1 is 0.882 bits per heavy atom. The van der Waals surface area contributed by atoms with Gasteiger partial charge in [0.2, 0.25) is 5.91 Å². The zero-order valence-corrected chi connectivity index (χ0v) is 21.8. The number of aryl methyl sites for hydroxylation is 4. The number of sulfonamides is 1. The van der Waals surface area contributed by atoms with Gasteiger partial charge in [-0.3, -0.25) is 9.10 Å². The van der Waals surface area contributed by atoms with E-state index >= 15 is 0 Å². The summed E-state index contributed by atoms with van der Waals surface area (Å²) in [5.41, 5.74) is 5.75. The van der Waals surface area contributed by atoms with Gasteiger partial charge in [-0.05, 0) is 68.1 Å². The number of nitrogens with one attached hydrogen (secondary N) is 1. The van der Waals surface area contributed by atoms with Crippen LogP contribution in [0, 0.1) is 27.7 Å². The van der Waals surface area contributed by atoms with Gasteiger partial charge in [0.05, 0.1) is 10.6 Å². The highest BCUT2D eigenvalue weighted by Crippen LogP contribution is 2.28. The second-order valence-electron chi connectivity index (χ2n) is 8.44. The summed E-state index contributed by atoms with van der Waals surface area (Å²) in [6.07, 6.45) is 0. The van der Waals surface area contributed by atoms with Gasteiger partial charge in [-0.25, -0.2) is 8.42 Å². The molecular weight excluding hydrogens is 464 g/mol. The summed E-state index contributed by atoms with van der Waals surface area (Å²) in [6, 6.07) is 20.6. The largest absolute Gasteiger partial charge is 0.354 e. The van der Waals surface area contributed by atoms with Gasteiger partial charge in [0, 0.05) is 18.1 Å². The lowest BCUT2D eigenvalue weighted by Crippen LogP contribution is -2.41. The number of carbonyl (C=O) groups is 1. The molecule has 0 aliphatic carbocycles. The molecule has 3 rings (SSSR count). The monoisotopic (exact) mass is 496 g/mol. The van der Waals surface area contributed by atoms with Crippen LogP contribution in [0.2, 0.25) is 0 Å². The molecule has 180 valence electrons. The van der Waals surface area contributed by atoms with E-state index in [1.54, 1.807) is 36.0 Å². The second-order valence-corrected chi connectivity index (χ2v) is 11.4. The topological polar surface area (TPSA) is 66.5 Å². The average Bonchev–Trinajstić information content (AvgIpc) is 2.80. The number of amides is 1. The minimum atomic E-state index is -3.91. The Bertz CT molecular complexity index is 1240. The summed E-state index contributed by atoms with van der Waals surface area (Å²) in [5.74, 6) is 1.29. The molecule has 3 aromatic rings. The summed E-state index contributed by atoms with van der Waals surface area (Å²) in [4.78, 5) is 13.0. The maximum atomic E-state index is 13.6. The van der Waals surface area contributed by atoms with Crippen LogP contribution in [-0.2, 0) is 20.6 Å². The van der Waals surface area contributed by atoms with Crippen molar-refractivity contribution in [2.24, 2.45) is 0 Å². The number of rotatable bonds is 10. The van der Waals surface area contributed by atoms with Gasteiger partial charge < -0.3 is 5.32 Å². The minimum Gasteiger partial charge on any atom is -0.354 e. The summed E-state index contributed by atoms with van der Waals surface area (Å²) in [7, 11) is -3.91. The molecule has 0 fully saturated rings. The predicted octanol–water partition coefficient (Wildman–Crippen LogP) is 5.17. The minimum absolute atomic E-state index is 0.167. The van der Waals surface area contributed by atoms with Crippen molar-refractivity contribution in [3.8, 4) is 0 Å². The molecule has 1 N–H and O–H groups in total. The molecular formula is C27H32N2O3S2. The van der Waals surface area contributed by atoms with Gasteiger partial charge in [0.1, 0.15) is 6.54 Å². The van der Waals surface area contributed by atoms with Crippen LogP contribution in [0.15, 0.2) is 71.6 Å². The number of benzene rings is 3. The highest BCUT2D eigenvalue weighted by Gasteiger charge is 2.28. The van der Waals surface area contributed by atoms with E-state index in [-0.39, 0.29) is 17.3 Å². The Kier molecular flexibility index (Phi) is 8.80. The maximum absolute atomic E-state index is 13.6. The molecule has 0 unspecified atom stereocenters. The molecule has 34 heavy (non-hydrogen) atoms. The van der Waals surface area contributed by atoms with Crippen LogP contribution < -0.4 is 9.62 Å². The normalized spacial score (nSPS) is 11.3. The third kappa shape index (κ3) is 6.64. The first-order valence-corrected chi connectivity index (χ1v) is 13.8. The number of thioether (sulfide) groups is 1. The van der Waals surface area contributed by atoms with E-state index in [2.05, 4.69) is 24.4 Å². The standard InChI is InChI=1S/C27H32N2O3S2/c1-20-10-13-25(14-11-20)34(31,32)29(26-17-21(2)9-12-23(26)4)18-27(30)28-15-16-33-19-24-8-6-5-7-22(24)3/h5-14,17H,15-16,18-19H2,1-4H3,(H,28,30). The summed E-state index contributed by atoms with van der Waals surface area (Å²) in [6.45, 7) is 7.96. The van der Waals surface area contributed by atoms with Crippen LogP contribution >= 0.6 is 11.8 Å². The Balaban J connectivity index is 1.70. The molecule has 3 aromatic carbocycles. The molecule has 0 atom stereocenters. The predicted molar refractivity (Wildman–Crippen MR) is 142 cm³/mol. The third-order valence-electron chi connectivity index (χ3n) is 5.62. The molecule has 0 radical (unpaired) electrons. The Hall–Kier alpha value is -2.77. The van der Waals surface area contributed by atoms with Crippen molar-refractivity contribution >= 4 is 33.4 Å². The first-order valence-electron chi connectivity index (χ1n) is 11.2. The Morgan fingerprint density at radius 3 is 2.26 bits per heavy atom. The smallest absolute Gasteiger partial charge is 0.264 e. The molecule has 0 aliphatic rings. The first-order chi connectivity index (χ1) is 16.2. The maximum Gasteiger partial charge on any atom is 0.264 e. The van der Waals surface area contributed by atoms with Crippen molar-refractivity contribution in [1.29, 1.82) is 0 Å². The molecule has 7 heteroatoms. The van der Waals surface area contributed by atoms with E-state index in [1.807, 2.05) is 51.1 Å². The Labute approximate surface area is 207 Å². The number of nitrogens with zero attached hydrogens (tertiary/aromatic N) is 1. The average molecular weight is 497 g/mol. The zero-order chi connectivity index (χ0) is 24.7. The van der Waals surface area contributed by atoms with Crippen molar-refractivity contribution < 1.29 is 13.2 Å². The molecule has 0 bridgehead atoms. The molecule has 0 saturated carbocycles. The fourth-order valence-corrected chi connectivity index (χ4v) is 5.94. The number of hydrogen-bond acceptors (Lipinski definition) is 4. The molecule has 0 spiro atoms. The van der Waals surface area contributed by atoms with Crippen molar-refractivity contribution in [2.75, 3.05) is 23.1 Å². The summed E-state index contributed by atoms with van der Waals surface area (Å²) in [5, 5.41) is 2.88. The third-order valence-corrected chi connectivity index (χ3v) is 8.40. The number of carbonyl (C=O) groups excluding carboxylic acids is 1. The fraction of sp³-hybridized carbons (Fsp3) is 0.296. The van der Waals surface area contributed by atoms with Crippen LogP contribution in [0.4, 0.5) is 5.69 Å². The van der Waals surface area contributed by atoms with Crippen molar-refractivity contribution in [1.82, 2.24) is 5.32 Å².